The van der Waals surface area contributed by atoms with Crippen LogP contribution in [0.25, 0.3) is 0 Å². The number of benzene rings is 1. The van der Waals surface area contributed by atoms with E-state index >= 15 is 0 Å². The molecule has 2 heteroatoms. The van der Waals surface area contributed by atoms with E-state index in [2.05, 4.69) is 31.2 Å². The minimum atomic E-state index is 0.897. The van der Waals surface area contributed by atoms with Crippen LogP contribution in [0.4, 0.5) is 0 Å². The van der Waals surface area contributed by atoms with Gasteiger partial charge in [-0.1, -0.05) is 29.8 Å². The Hall–Kier alpha value is -1.44. The van der Waals surface area contributed by atoms with Crippen LogP contribution in [-0.2, 0) is 6.54 Å². The number of nitrogens with two attached hydrogens (primary N) is 1. The van der Waals surface area contributed by atoms with Crippen LogP contribution in [0.15, 0.2) is 36.7 Å². The molecule has 0 saturated heterocycles. The van der Waals surface area contributed by atoms with Crippen molar-refractivity contribution < 1.29 is 0 Å². The Balaban J connectivity index is 2.59. The van der Waals surface area contributed by atoms with E-state index in [1.807, 2.05) is 18.1 Å². The summed E-state index contributed by atoms with van der Waals surface area (Å²) in [5, 5.41) is 0. The van der Waals surface area contributed by atoms with Crippen molar-refractivity contribution in [3.05, 3.63) is 47.8 Å². The average Bonchev–Trinajstić information content (AvgIpc) is 2.09. The van der Waals surface area contributed by atoms with Gasteiger partial charge in [0.1, 0.15) is 0 Å². The van der Waals surface area contributed by atoms with E-state index in [1.54, 1.807) is 6.20 Å². The van der Waals surface area contributed by atoms with E-state index in [1.165, 1.54) is 11.1 Å². The van der Waals surface area contributed by atoms with Gasteiger partial charge >= 0.3 is 0 Å². The Morgan fingerprint density at radius 3 is 2.46 bits per heavy atom. The van der Waals surface area contributed by atoms with E-state index in [-0.39, 0.29) is 0 Å². The summed E-state index contributed by atoms with van der Waals surface area (Å²) in [6, 6.07) is 8.51. The molecule has 0 fully saturated rings. The van der Waals surface area contributed by atoms with E-state index in [0.29, 0.717) is 0 Å². The van der Waals surface area contributed by atoms with Crippen LogP contribution in [-0.4, -0.2) is 11.9 Å². The van der Waals surface area contributed by atoms with Crippen molar-refractivity contribution in [1.29, 1.82) is 0 Å². The number of hydrogen-bond donors (Lipinski definition) is 1. The molecule has 0 aliphatic carbocycles. The molecule has 0 unspecified atom stereocenters. The van der Waals surface area contributed by atoms with Gasteiger partial charge in [0.05, 0.1) is 0 Å². The van der Waals surface area contributed by atoms with Crippen molar-refractivity contribution in [1.82, 2.24) is 4.90 Å². The average molecular weight is 176 g/mol. The van der Waals surface area contributed by atoms with Crippen LogP contribution in [0, 0.1) is 6.92 Å². The Bertz CT molecular complexity index is 275. The van der Waals surface area contributed by atoms with Crippen molar-refractivity contribution in [2.24, 2.45) is 5.73 Å². The second-order valence-electron chi connectivity index (χ2n) is 3.24. The summed E-state index contributed by atoms with van der Waals surface area (Å²) in [6.45, 7) is 2.99. The van der Waals surface area contributed by atoms with E-state index in [0.717, 1.165) is 6.54 Å². The van der Waals surface area contributed by atoms with E-state index < -0.39 is 0 Å². The summed E-state index contributed by atoms with van der Waals surface area (Å²) in [5.41, 5.74) is 7.87. The lowest BCUT2D eigenvalue weighted by atomic mass is 10.1. The van der Waals surface area contributed by atoms with Gasteiger partial charge in [0.15, 0.2) is 0 Å². The highest BCUT2D eigenvalue weighted by Gasteiger charge is 1.94. The van der Waals surface area contributed by atoms with Crippen molar-refractivity contribution in [2.75, 3.05) is 7.05 Å². The molecule has 2 nitrogen and oxygen atoms in total. The minimum absolute atomic E-state index is 0.897. The van der Waals surface area contributed by atoms with Gasteiger partial charge in [-0.2, -0.15) is 0 Å². The van der Waals surface area contributed by atoms with Crippen molar-refractivity contribution in [3.8, 4) is 0 Å². The lowest BCUT2D eigenvalue weighted by Crippen LogP contribution is -2.10. The van der Waals surface area contributed by atoms with Gasteiger partial charge in [0.2, 0.25) is 0 Å². The first kappa shape index (κ1) is 9.65. The molecular weight excluding hydrogens is 160 g/mol. The van der Waals surface area contributed by atoms with Gasteiger partial charge in [-0.05, 0) is 12.5 Å². The summed E-state index contributed by atoms with van der Waals surface area (Å²) in [7, 11) is 2.00. The molecule has 1 aromatic rings. The lowest BCUT2D eigenvalue weighted by molar-refractivity contribution is 0.450. The quantitative estimate of drug-likeness (QED) is 0.761. The van der Waals surface area contributed by atoms with E-state index in [9.17, 15) is 0 Å². The third kappa shape index (κ3) is 3.20. The second-order valence-corrected chi connectivity index (χ2v) is 3.24. The number of nitrogens with zero attached hydrogens (tertiary/aromatic N) is 1. The fourth-order valence-corrected chi connectivity index (χ4v) is 1.18. The van der Waals surface area contributed by atoms with Gasteiger partial charge in [-0.25, -0.2) is 0 Å². The zero-order valence-corrected chi connectivity index (χ0v) is 8.20. The largest absolute Gasteiger partial charge is 0.403 e. The lowest BCUT2D eigenvalue weighted by Gasteiger charge is -2.13. The Morgan fingerprint density at radius 1 is 1.31 bits per heavy atom. The first-order chi connectivity index (χ1) is 6.22. The molecule has 0 aromatic heterocycles. The Morgan fingerprint density at radius 2 is 1.92 bits per heavy atom. The topological polar surface area (TPSA) is 29.3 Å². The van der Waals surface area contributed by atoms with Crippen molar-refractivity contribution in [2.45, 2.75) is 13.5 Å². The smallest absolute Gasteiger partial charge is 0.0421 e. The summed E-state index contributed by atoms with van der Waals surface area (Å²) in [6.07, 6.45) is 3.41. The van der Waals surface area contributed by atoms with Crippen molar-refractivity contribution in [3.63, 3.8) is 0 Å². The maximum atomic E-state index is 5.28. The molecule has 0 atom stereocenters. The molecule has 1 rings (SSSR count). The molecule has 0 aliphatic heterocycles. The zero-order valence-electron chi connectivity index (χ0n) is 8.20. The monoisotopic (exact) mass is 176 g/mol. The van der Waals surface area contributed by atoms with Crippen LogP contribution in [0.1, 0.15) is 11.1 Å². The van der Waals surface area contributed by atoms with Crippen LogP contribution >= 0.6 is 0 Å². The van der Waals surface area contributed by atoms with Crippen LogP contribution in [0.3, 0.4) is 0 Å². The molecule has 1 aromatic carbocycles. The molecule has 0 amide bonds. The van der Waals surface area contributed by atoms with Gasteiger partial charge < -0.3 is 10.6 Å². The Kier molecular flexibility index (Phi) is 3.38. The van der Waals surface area contributed by atoms with Gasteiger partial charge in [0.25, 0.3) is 0 Å². The van der Waals surface area contributed by atoms with Crippen molar-refractivity contribution >= 4 is 0 Å². The molecule has 0 bridgehead atoms. The molecular formula is C11H16N2. The van der Waals surface area contributed by atoms with E-state index in [4.69, 9.17) is 5.73 Å². The normalized spacial score (nSPS) is 10.6. The van der Waals surface area contributed by atoms with Crippen LogP contribution < -0.4 is 5.73 Å². The summed E-state index contributed by atoms with van der Waals surface area (Å²) < 4.78 is 0. The maximum absolute atomic E-state index is 5.28. The highest BCUT2D eigenvalue weighted by molar-refractivity contribution is 5.21. The van der Waals surface area contributed by atoms with Gasteiger partial charge in [-0.3, -0.25) is 0 Å². The van der Waals surface area contributed by atoms with Crippen LogP contribution in [0.5, 0.6) is 0 Å². The van der Waals surface area contributed by atoms with Gasteiger partial charge in [0, 0.05) is 26.0 Å². The molecule has 13 heavy (non-hydrogen) atoms. The molecule has 0 saturated carbocycles. The third-order valence-corrected chi connectivity index (χ3v) is 1.89. The Labute approximate surface area is 79.7 Å². The maximum Gasteiger partial charge on any atom is 0.0421 e. The third-order valence-electron chi connectivity index (χ3n) is 1.89. The highest BCUT2D eigenvalue weighted by atomic mass is 15.1. The second kappa shape index (κ2) is 4.55. The summed E-state index contributed by atoms with van der Waals surface area (Å²) >= 11 is 0. The predicted molar refractivity (Wildman–Crippen MR) is 56.0 cm³/mol. The molecule has 0 heterocycles. The molecule has 70 valence electrons. The summed E-state index contributed by atoms with van der Waals surface area (Å²) in [5.74, 6) is 0. The highest BCUT2D eigenvalue weighted by Crippen LogP contribution is 2.05. The SMILES string of the molecule is Cc1ccc(CN(C)/C=C\N)cc1. The fraction of sp³-hybridized carbons (Fsp3) is 0.273. The zero-order chi connectivity index (χ0) is 9.68. The number of hydrogen-bond acceptors (Lipinski definition) is 2. The first-order valence-electron chi connectivity index (χ1n) is 4.36. The standard InChI is InChI=1S/C11H16N2/c1-10-3-5-11(6-4-10)9-13(2)8-7-12/h3-8H,9,12H2,1-2H3/b8-7-. The van der Waals surface area contributed by atoms with Gasteiger partial charge in [-0.15, -0.1) is 0 Å². The molecule has 2 N–H and O–H groups in total. The molecule has 0 spiro atoms. The molecule has 0 aliphatic rings. The number of aryl methyl sites for hydroxylation is 1. The minimum Gasteiger partial charge on any atom is -0.403 e. The summed E-state index contributed by atoms with van der Waals surface area (Å²) in [4.78, 5) is 2.05. The number of rotatable bonds is 3. The first-order valence-corrected chi connectivity index (χ1v) is 4.36. The predicted octanol–water partition coefficient (Wildman–Crippen LogP) is 1.86. The fourth-order valence-electron chi connectivity index (χ4n) is 1.18. The van der Waals surface area contributed by atoms with Crippen LogP contribution in [0.2, 0.25) is 0 Å². The molecule has 0 radical (unpaired) electrons.